The van der Waals surface area contributed by atoms with E-state index in [1.165, 1.54) is 0 Å². The summed E-state index contributed by atoms with van der Waals surface area (Å²) in [5.74, 6) is 2.66. The molecule has 2 heterocycles. The molecule has 0 bridgehead atoms. The molecule has 0 radical (unpaired) electrons. The molecule has 110 valence electrons. The van der Waals surface area contributed by atoms with Gasteiger partial charge in [-0.3, -0.25) is 0 Å². The molecule has 0 N–H and O–H groups in total. The van der Waals surface area contributed by atoms with Crippen LogP contribution in [-0.4, -0.2) is 5.16 Å². The van der Waals surface area contributed by atoms with Crippen molar-refractivity contribution in [2.75, 3.05) is 0 Å². The van der Waals surface area contributed by atoms with Crippen LogP contribution >= 0.6 is 7.51 Å². The van der Waals surface area contributed by atoms with Crippen molar-refractivity contribution >= 4 is 7.51 Å². The number of fused-ring (bicyclic) bond motifs is 2. The summed E-state index contributed by atoms with van der Waals surface area (Å²) >= 11 is 0. The van der Waals surface area contributed by atoms with Crippen LogP contribution < -0.4 is 18.1 Å². The summed E-state index contributed by atoms with van der Waals surface area (Å²) in [5, 5.41) is -0.469. The summed E-state index contributed by atoms with van der Waals surface area (Å²) in [6.45, 7) is 6.05. The second kappa shape index (κ2) is 3.63. The van der Waals surface area contributed by atoms with Crippen LogP contribution in [0.3, 0.4) is 0 Å². The van der Waals surface area contributed by atoms with Crippen molar-refractivity contribution in [2.45, 2.75) is 25.9 Å². The molecule has 2 aromatic carbocycles. The number of hydrogen-bond donors (Lipinski definition) is 0. The van der Waals surface area contributed by atoms with Crippen molar-refractivity contribution in [3.63, 3.8) is 0 Å². The van der Waals surface area contributed by atoms with Crippen LogP contribution in [0.25, 0.3) is 0 Å². The first-order chi connectivity index (χ1) is 9.92. The molecule has 4 nitrogen and oxygen atoms in total. The van der Waals surface area contributed by atoms with Gasteiger partial charge in [0.2, 0.25) is 0 Å². The van der Waals surface area contributed by atoms with Gasteiger partial charge in [0.1, 0.15) is 0 Å². The predicted molar refractivity (Wildman–Crippen MR) is 82.1 cm³/mol. The maximum atomic E-state index is 6.25. The summed E-state index contributed by atoms with van der Waals surface area (Å²) in [4.78, 5) is 0. The fraction of sp³-hybridized carbons (Fsp3) is 0.250. The van der Waals surface area contributed by atoms with Gasteiger partial charge in [-0.1, -0.05) is 0 Å². The standard InChI is InChI=1S/C16H17O4P/c1-16(2,3)21(17-12-8-4-5-9-13(12)18-21)19-14-10-6-7-11-15(14)20-21/h4-11H,1-3H3. The number of rotatable bonds is 0. The van der Waals surface area contributed by atoms with Gasteiger partial charge in [-0.25, -0.2) is 0 Å². The van der Waals surface area contributed by atoms with Crippen molar-refractivity contribution in [1.29, 1.82) is 0 Å². The van der Waals surface area contributed by atoms with Crippen LogP contribution in [0.1, 0.15) is 20.8 Å². The van der Waals surface area contributed by atoms with Gasteiger partial charge in [0, 0.05) is 0 Å². The molecule has 0 saturated carbocycles. The molecule has 0 aliphatic carbocycles. The van der Waals surface area contributed by atoms with Gasteiger partial charge >= 0.3 is 123 Å². The zero-order chi connectivity index (χ0) is 14.7. The molecular weight excluding hydrogens is 287 g/mol. The van der Waals surface area contributed by atoms with E-state index in [0.29, 0.717) is 23.0 Å². The monoisotopic (exact) mass is 304 g/mol. The third-order valence-electron chi connectivity index (χ3n) is 3.82. The van der Waals surface area contributed by atoms with E-state index in [4.69, 9.17) is 18.1 Å². The Morgan fingerprint density at radius 2 is 0.905 bits per heavy atom. The minimum absolute atomic E-state index is 0.469. The van der Waals surface area contributed by atoms with Gasteiger partial charge in [0.15, 0.2) is 0 Å². The first-order valence-corrected chi connectivity index (χ1v) is 8.83. The van der Waals surface area contributed by atoms with Gasteiger partial charge in [0.05, 0.1) is 0 Å². The van der Waals surface area contributed by atoms with Gasteiger partial charge < -0.3 is 0 Å². The Morgan fingerprint density at radius 3 is 1.14 bits per heavy atom. The van der Waals surface area contributed by atoms with Crippen LogP contribution in [0, 0.1) is 0 Å². The second-order valence-corrected chi connectivity index (χ2v) is 9.94. The number of para-hydroxylation sites is 4. The molecule has 1 spiro atoms. The molecule has 0 saturated heterocycles. The Balaban J connectivity index is 1.91. The van der Waals surface area contributed by atoms with Gasteiger partial charge in [-0.15, -0.1) is 0 Å². The third-order valence-corrected chi connectivity index (χ3v) is 8.05. The topological polar surface area (TPSA) is 36.9 Å². The summed E-state index contributed by atoms with van der Waals surface area (Å²) in [6.07, 6.45) is 0. The number of hydrogen-bond acceptors (Lipinski definition) is 4. The zero-order valence-electron chi connectivity index (χ0n) is 12.2. The van der Waals surface area contributed by atoms with Crippen molar-refractivity contribution < 1.29 is 18.1 Å². The Hall–Kier alpha value is -1.93. The van der Waals surface area contributed by atoms with E-state index in [-0.39, 0.29) is 0 Å². The zero-order valence-corrected chi connectivity index (χ0v) is 13.1. The minimum atomic E-state index is -3.82. The Bertz CT molecular complexity index is 622. The van der Waals surface area contributed by atoms with Gasteiger partial charge in [-0.2, -0.15) is 0 Å². The predicted octanol–water partition coefficient (Wildman–Crippen LogP) is 4.94. The first-order valence-electron chi connectivity index (χ1n) is 6.93. The van der Waals surface area contributed by atoms with Crippen LogP contribution in [0.2, 0.25) is 0 Å². The Labute approximate surface area is 123 Å². The molecule has 0 aromatic heterocycles. The van der Waals surface area contributed by atoms with E-state index in [1.807, 2.05) is 69.3 Å². The average Bonchev–Trinajstić information content (AvgIpc) is 2.93. The second-order valence-electron chi connectivity index (χ2n) is 6.24. The van der Waals surface area contributed by atoms with Crippen molar-refractivity contribution in [1.82, 2.24) is 0 Å². The quantitative estimate of drug-likeness (QED) is 0.646. The van der Waals surface area contributed by atoms with Crippen LogP contribution in [-0.2, 0) is 0 Å². The van der Waals surface area contributed by atoms with Crippen molar-refractivity contribution in [3.8, 4) is 23.0 Å². The van der Waals surface area contributed by atoms with E-state index in [1.54, 1.807) is 0 Å². The molecule has 4 rings (SSSR count). The van der Waals surface area contributed by atoms with Crippen molar-refractivity contribution in [2.24, 2.45) is 0 Å². The molecule has 5 heteroatoms. The molecule has 0 unspecified atom stereocenters. The van der Waals surface area contributed by atoms with E-state index in [9.17, 15) is 0 Å². The van der Waals surface area contributed by atoms with E-state index in [0.717, 1.165) is 0 Å². The molecule has 0 amide bonds. The van der Waals surface area contributed by atoms with Gasteiger partial charge in [-0.05, 0) is 0 Å². The molecule has 21 heavy (non-hydrogen) atoms. The molecule has 2 aromatic rings. The summed E-state index contributed by atoms with van der Waals surface area (Å²) < 4.78 is 25.0. The molecular formula is C16H17O4P. The van der Waals surface area contributed by atoms with Crippen LogP contribution in [0.5, 0.6) is 23.0 Å². The summed E-state index contributed by atoms with van der Waals surface area (Å²) in [5.41, 5.74) is 0. The average molecular weight is 304 g/mol. The molecule has 0 fully saturated rings. The van der Waals surface area contributed by atoms with Crippen LogP contribution in [0.15, 0.2) is 48.5 Å². The first kappa shape index (κ1) is 12.8. The normalized spacial score (nSPS) is 21.8. The Kier molecular flexibility index (Phi) is 2.21. The molecule has 2 aliphatic heterocycles. The van der Waals surface area contributed by atoms with Crippen molar-refractivity contribution in [3.05, 3.63) is 48.5 Å². The molecule has 0 atom stereocenters. The van der Waals surface area contributed by atoms with Gasteiger partial charge in [0.25, 0.3) is 0 Å². The summed E-state index contributed by atoms with van der Waals surface area (Å²) in [6, 6.07) is 15.1. The van der Waals surface area contributed by atoms with Crippen LogP contribution in [0.4, 0.5) is 0 Å². The number of benzene rings is 2. The summed E-state index contributed by atoms with van der Waals surface area (Å²) in [7, 11) is -3.82. The van der Waals surface area contributed by atoms with E-state index < -0.39 is 12.7 Å². The third kappa shape index (κ3) is 1.48. The fourth-order valence-corrected chi connectivity index (χ4v) is 5.82. The SMILES string of the molecule is CC(C)(C)P12(Oc3ccccc3O1)Oc1ccccc1O2. The van der Waals surface area contributed by atoms with E-state index >= 15 is 0 Å². The molecule has 2 aliphatic rings. The Morgan fingerprint density at radius 1 is 0.619 bits per heavy atom. The van der Waals surface area contributed by atoms with E-state index in [2.05, 4.69) is 0 Å². The maximum absolute atomic E-state index is 6.25. The fourth-order valence-electron chi connectivity index (χ4n) is 2.54.